The van der Waals surface area contributed by atoms with Gasteiger partial charge in [-0.05, 0) is 25.1 Å². The average Bonchev–Trinajstić information content (AvgIpc) is 3.11. The summed E-state index contributed by atoms with van der Waals surface area (Å²) in [5.41, 5.74) is 1.56. The Morgan fingerprint density at radius 3 is 2.75 bits per heavy atom. The van der Waals surface area contributed by atoms with E-state index in [-0.39, 0.29) is 16.5 Å². The molecule has 0 fully saturated rings. The smallest absolute Gasteiger partial charge is 0.388 e. The first-order chi connectivity index (χ1) is 11.4. The highest BCUT2D eigenvalue weighted by Gasteiger charge is 2.19. The van der Waals surface area contributed by atoms with Crippen molar-refractivity contribution in [1.29, 1.82) is 0 Å². The number of carbonyl (C=O) groups excluding carboxylic acids is 1. The third-order valence-corrected chi connectivity index (χ3v) is 4.73. The van der Waals surface area contributed by atoms with Gasteiger partial charge in [0.15, 0.2) is 5.06 Å². The lowest BCUT2D eigenvalue weighted by Crippen LogP contribution is -2.12. The molecule has 1 aromatic carbocycles. The monoisotopic (exact) mass is 371 g/mol. The fraction of sp³-hybridized carbons (Fsp3) is 0.188. The van der Waals surface area contributed by atoms with Crippen LogP contribution in [0.25, 0.3) is 10.9 Å². The molecule has 0 N–H and O–H groups in total. The second-order valence-corrected chi connectivity index (χ2v) is 6.23. The number of halogens is 3. The number of alkyl halides is 2. The van der Waals surface area contributed by atoms with E-state index in [9.17, 15) is 13.6 Å². The quantitative estimate of drug-likeness (QED) is 0.650. The summed E-state index contributed by atoms with van der Waals surface area (Å²) in [6, 6.07) is 6.48. The van der Waals surface area contributed by atoms with Crippen LogP contribution in [0.2, 0.25) is 5.02 Å². The fourth-order valence-electron chi connectivity index (χ4n) is 2.49. The number of nitrogens with zero attached hydrogens (tertiary/aromatic N) is 1. The Labute approximate surface area is 145 Å². The van der Waals surface area contributed by atoms with Crippen LogP contribution in [0.1, 0.15) is 16.1 Å². The highest BCUT2D eigenvalue weighted by molar-refractivity contribution is 7.12. The van der Waals surface area contributed by atoms with Crippen LogP contribution in [0.5, 0.6) is 10.8 Å². The molecule has 4 nitrogen and oxygen atoms in total. The van der Waals surface area contributed by atoms with Crippen LogP contribution in [0.3, 0.4) is 0 Å². The van der Waals surface area contributed by atoms with Crippen molar-refractivity contribution in [3.8, 4) is 10.8 Å². The second-order valence-electron chi connectivity index (χ2n) is 4.97. The van der Waals surface area contributed by atoms with Crippen LogP contribution >= 0.6 is 22.9 Å². The predicted octanol–water partition coefficient (Wildman–Crippen LogP) is 4.96. The van der Waals surface area contributed by atoms with Crippen LogP contribution in [-0.4, -0.2) is 24.2 Å². The maximum atomic E-state index is 12.8. The number of aryl methyl sites for hydroxylation is 1. The van der Waals surface area contributed by atoms with Gasteiger partial charge >= 0.3 is 6.61 Å². The number of methoxy groups -OCH3 is 1. The Morgan fingerprint density at radius 1 is 1.33 bits per heavy atom. The van der Waals surface area contributed by atoms with Gasteiger partial charge in [-0.3, -0.25) is 9.36 Å². The van der Waals surface area contributed by atoms with Gasteiger partial charge in [0.25, 0.3) is 5.91 Å². The van der Waals surface area contributed by atoms with E-state index >= 15 is 0 Å². The summed E-state index contributed by atoms with van der Waals surface area (Å²) in [4.78, 5) is 12.8. The molecule has 0 aliphatic rings. The van der Waals surface area contributed by atoms with Gasteiger partial charge < -0.3 is 9.47 Å². The van der Waals surface area contributed by atoms with Crippen LogP contribution in [-0.2, 0) is 0 Å². The third kappa shape index (κ3) is 2.85. The molecule has 0 saturated carbocycles. The summed E-state index contributed by atoms with van der Waals surface area (Å²) >= 11 is 7.23. The Morgan fingerprint density at radius 2 is 2.08 bits per heavy atom. The first kappa shape index (κ1) is 16.7. The lowest BCUT2D eigenvalue weighted by atomic mass is 10.2. The van der Waals surface area contributed by atoms with Crippen LogP contribution in [0.15, 0.2) is 29.6 Å². The minimum Gasteiger partial charge on any atom is -0.495 e. The molecule has 126 valence electrons. The van der Waals surface area contributed by atoms with E-state index in [2.05, 4.69) is 4.74 Å². The highest BCUT2D eigenvalue weighted by Crippen LogP contribution is 2.35. The summed E-state index contributed by atoms with van der Waals surface area (Å²) in [7, 11) is 1.51. The Bertz CT molecular complexity index is 920. The van der Waals surface area contributed by atoms with E-state index in [0.29, 0.717) is 27.4 Å². The third-order valence-electron chi connectivity index (χ3n) is 3.52. The molecule has 0 radical (unpaired) electrons. The minimum atomic E-state index is -2.92. The van der Waals surface area contributed by atoms with Crippen molar-refractivity contribution >= 4 is 39.7 Å². The Kier molecular flexibility index (Phi) is 4.47. The topological polar surface area (TPSA) is 40.5 Å². The normalized spacial score (nSPS) is 11.2. The lowest BCUT2D eigenvalue weighted by Gasteiger charge is -2.07. The van der Waals surface area contributed by atoms with Crippen molar-refractivity contribution < 1.29 is 23.0 Å². The van der Waals surface area contributed by atoms with Gasteiger partial charge in [0.05, 0.1) is 23.2 Å². The van der Waals surface area contributed by atoms with E-state index < -0.39 is 6.61 Å². The zero-order valence-corrected chi connectivity index (χ0v) is 14.3. The fourth-order valence-corrected chi connectivity index (χ4v) is 3.52. The summed E-state index contributed by atoms with van der Waals surface area (Å²) in [6.07, 6.45) is 0. The van der Waals surface area contributed by atoms with Crippen molar-refractivity contribution in [2.45, 2.75) is 13.5 Å². The maximum absolute atomic E-state index is 12.8. The molecule has 8 heteroatoms. The van der Waals surface area contributed by atoms with Crippen molar-refractivity contribution in [2.24, 2.45) is 0 Å². The summed E-state index contributed by atoms with van der Waals surface area (Å²) in [5.74, 6) is 0.168. The molecule has 0 saturated heterocycles. The molecular weight excluding hydrogens is 360 g/mol. The molecule has 2 aromatic heterocycles. The molecule has 24 heavy (non-hydrogen) atoms. The van der Waals surface area contributed by atoms with E-state index in [4.69, 9.17) is 16.3 Å². The van der Waals surface area contributed by atoms with Crippen molar-refractivity contribution in [3.63, 3.8) is 0 Å². The molecule has 3 rings (SSSR count). The number of thiophene rings is 1. The van der Waals surface area contributed by atoms with Crippen LogP contribution < -0.4 is 9.47 Å². The van der Waals surface area contributed by atoms with Crippen molar-refractivity contribution in [1.82, 2.24) is 4.57 Å². The van der Waals surface area contributed by atoms with Gasteiger partial charge in [-0.1, -0.05) is 11.6 Å². The molecule has 0 atom stereocenters. The van der Waals surface area contributed by atoms with E-state index in [1.165, 1.54) is 23.1 Å². The average molecular weight is 372 g/mol. The van der Waals surface area contributed by atoms with E-state index in [1.807, 2.05) is 0 Å². The number of carbonyl (C=O) groups is 1. The van der Waals surface area contributed by atoms with Gasteiger partial charge in [0.2, 0.25) is 0 Å². The number of aromatic nitrogens is 1. The number of ether oxygens (including phenoxy) is 2. The molecule has 0 aliphatic heterocycles. The maximum Gasteiger partial charge on any atom is 0.388 e. The Balaban J connectivity index is 2.05. The first-order valence-corrected chi connectivity index (χ1v) is 8.10. The zero-order chi connectivity index (χ0) is 17.4. The molecule has 3 aromatic rings. The molecule has 0 aliphatic carbocycles. The number of fused-ring (bicyclic) bond motifs is 1. The molecule has 0 spiro atoms. The molecular formula is C16H12ClF2NO3S. The SMILES string of the molecule is COc1ccc2c(cc(C)n2C(=O)c2csc(OC(F)F)c2)c1Cl. The molecule has 2 heterocycles. The largest absolute Gasteiger partial charge is 0.495 e. The van der Waals surface area contributed by atoms with Gasteiger partial charge in [0, 0.05) is 22.5 Å². The predicted molar refractivity (Wildman–Crippen MR) is 88.9 cm³/mol. The van der Waals surface area contributed by atoms with Gasteiger partial charge in [0.1, 0.15) is 5.75 Å². The first-order valence-electron chi connectivity index (χ1n) is 6.85. The molecule has 0 unspecified atom stereocenters. The van der Waals surface area contributed by atoms with Crippen LogP contribution in [0.4, 0.5) is 8.78 Å². The standard InChI is InChI=1S/C16H12ClF2NO3S/c1-8-5-10-11(3-4-12(22-2)14(10)17)20(8)15(21)9-6-13(24-7-9)23-16(18)19/h3-7,16H,1-2H3. The number of hydrogen-bond acceptors (Lipinski definition) is 4. The number of benzene rings is 1. The minimum absolute atomic E-state index is 0.0119. The molecule has 0 amide bonds. The van der Waals surface area contributed by atoms with Gasteiger partial charge in [-0.25, -0.2) is 0 Å². The Hall–Kier alpha value is -2.12. The molecule has 0 bridgehead atoms. The van der Waals surface area contributed by atoms with E-state index in [0.717, 1.165) is 11.3 Å². The second kappa shape index (κ2) is 6.41. The number of hydrogen-bond donors (Lipinski definition) is 0. The van der Waals surface area contributed by atoms with Gasteiger partial charge in [-0.15, -0.1) is 11.3 Å². The van der Waals surface area contributed by atoms with Crippen molar-refractivity contribution in [3.05, 3.63) is 45.9 Å². The van der Waals surface area contributed by atoms with Gasteiger partial charge in [-0.2, -0.15) is 8.78 Å². The summed E-state index contributed by atoms with van der Waals surface area (Å²) in [5, 5.41) is 2.57. The zero-order valence-electron chi connectivity index (χ0n) is 12.7. The number of rotatable bonds is 4. The summed E-state index contributed by atoms with van der Waals surface area (Å²) in [6.45, 7) is -1.16. The lowest BCUT2D eigenvalue weighted by molar-refractivity contribution is -0.0472. The van der Waals surface area contributed by atoms with Crippen LogP contribution in [0, 0.1) is 6.92 Å². The summed E-state index contributed by atoms with van der Waals surface area (Å²) < 4.78 is 35.5. The van der Waals surface area contributed by atoms with Crippen molar-refractivity contribution in [2.75, 3.05) is 7.11 Å². The highest BCUT2D eigenvalue weighted by atomic mass is 35.5. The van der Waals surface area contributed by atoms with E-state index in [1.54, 1.807) is 25.1 Å².